The summed E-state index contributed by atoms with van der Waals surface area (Å²) in [6, 6.07) is 16.2. The van der Waals surface area contributed by atoms with Crippen LogP contribution >= 0.6 is 0 Å². The molecule has 1 aliphatic heterocycles. The first kappa shape index (κ1) is 21.7. The molecule has 30 heavy (non-hydrogen) atoms. The maximum Gasteiger partial charge on any atom is 0.306 e. The molecule has 1 aliphatic rings. The van der Waals surface area contributed by atoms with Crippen molar-refractivity contribution in [1.82, 2.24) is 4.90 Å². The highest BCUT2D eigenvalue weighted by Crippen LogP contribution is 2.33. The zero-order valence-corrected chi connectivity index (χ0v) is 17.4. The second kappa shape index (κ2) is 10.7. The number of piperidine rings is 1. The van der Waals surface area contributed by atoms with Crippen LogP contribution in [-0.2, 0) is 22.6 Å². The molecule has 0 saturated carbocycles. The highest BCUT2D eigenvalue weighted by Gasteiger charge is 2.30. The van der Waals surface area contributed by atoms with Gasteiger partial charge < -0.3 is 10.5 Å². The number of nitrogens with two attached hydrogens (primary N) is 1. The smallest absolute Gasteiger partial charge is 0.306 e. The number of rotatable bonds is 8. The number of esters is 1. The molecule has 0 aliphatic carbocycles. The summed E-state index contributed by atoms with van der Waals surface area (Å²) in [7, 11) is 0. The lowest BCUT2D eigenvalue weighted by Crippen LogP contribution is -2.40. The van der Waals surface area contributed by atoms with Gasteiger partial charge in [-0.15, -0.1) is 0 Å². The number of carbonyl (C=O) groups excluding carboxylic acids is 1. The van der Waals surface area contributed by atoms with E-state index >= 15 is 0 Å². The fourth-order valence-electron chi connectivity index (χ4n) is 4.17. The van der Waals surface area contributed by atoms with E-state index in [2.05, 4.69) is 39.2 Å². The Balaban J connectivity index is 1.71. The standard InChI is InChI=1S/C23H29N5O2/c1-2-30-23(29)12-19-11-21(20-7-9-22(24)10-8-20)16-28(15-19)14-18-5-3-17(4-6-18)13-26-27-25/h3-10,19,21H,2,11-16,24H2,1H3/t19-,21+/m1/s1. The van der Waals surface area contributed by atoms with E-state index in [0.29, 0.717) is 25.5 Å². The van der Waals surface area contributed by atoms with Crippen LogP contribution in [0.5, 0.6) is 0 Å². The van der Waals surface area contributed by atoms with E-state index in [1.807, 2.05) is 31.2 Å². The molecule has 2 aromatic rings. The van der Waals surface area contributed by atoms with Crippen LogP contribution in [0.25, 0.3) is 10.4 Å². The second-order valence-electron chi connectivity index (χ2n) is 7.87. The minimum absolute atomic E-state index is 0.122. The van der Waals surface area contributed by atoms with Gasteiger partial charge in [-0.1, -0.05) is 41.5 Å². The summed E-state index contributed by atoms with van der Waals surface area (Å²) in [6.07, 6.45) is 1.41. The van der Waals surface area contributed by atoms with Crippen LogP contribution in [0.2, 0.25) is 0 Å². The Morgan fingerprint density at radius 1 is 1.17 bits per heavy atom. The van der Waals surface area contributed by atoms with E-state index in [-0.39, 0.29) is 11.9 Å². The van der Waals surface area contributed by atoms with Crippen molar-refractivity contribution in [2.75, 3.05) is 25.4 Å². The molecule has 158 valence electrons. The molecule has 0 bridgehead atoms. The number of nitrogens with zero attached hydrogens (tertiary/aromatic N) is 4. The van der Waals surface area contributed by atoms with E-state index in [4.69, 9.17) is 16.0 Å². The van der Waals surface area contributed by atoms with Gasteiger partial charge in [-0.3, -0.25) is 9.69 Å². The molecule has 2 atom stereocenters. The Labute approximate surface area is 177 Å². The zero-order chi connectivity index (χ0) is 21.3. The number of benzene rings is 2. The summed E-state index contributed by atoms with van der Waals surface area (Å²) in [5.74, 6) is 0.482. The molecule has 0 amide bonds. The minimum Gasteiger partial charge on any atom is -0.466 e. The summed E-state index contributed by atoms with van der Waals surface area (Å²) >= 11 is 0. The van der Waals surface area contributed by atoms with Crippen molar-refractivity contribution in [3.63, 3.8) is 0 Å². The molecule has 1 saturated heterocycles. The van der Waals surface area contributed by atoms with Gasteiger partial charge >= 0.3 is 5.97 Å². The van der Waals surface area contributed by atoms with Crippen LogP contribution in [-0.4, -0.2) is 30.6 Å². The van der Waals surface area contributed by atoms with E-state index in [1.165, 1.54) is 11.1 Å². The summed E-state index contributed by atoms with van der Waals surface area (Å²) in [4.78, 5) is 17.3. The van der Waals surface area contributed by atoms with Crippen molar-refractivity contribution in [3.05, 3.63) is 75.7 Å². The second-order valence-corrected chi connectivity index (χ2v) is 7.87. The molecule has 2 aromatic carbocycles. The molecule has 0 aromatic heterocycles. The van der Waals surface area contributed by atoms with Gasteiger partial charge in [0.15, 0.2) is 0 Å². The maximum atomic E-state index is 12.1. The monoisotopic (exact) mass is 407 g/mol. The predicted octanol–water partition coefficient (Wildman–Crippen LogP) is 4.64. The van der Waals surface area contributed by atoms with E-state index < -0.39 is 0 Å². The van der Waals surface area contributed by atoms with E-state index in [1.54, 1.807) is 0 Å². The zero-order valence-electron chi connectivity index (χ0n) is 17.4. The lowest BCUT2D eigenvalue weighted by molar-refractivity contribution is -0.144. The number of hydrogen-bond acceptors (Lipinski definition) is 5. The summed E-state index contributed by atoms with van der Waals surface area (Å²) < 4.78 is 5.19. The van der Waals surface area contributed by atoms with Gasteiger partial charge in [0.2, 0.25) is 0 Å². The van der Waals surface area contributed by atoms with Crippen LogP contribution in [0.1, 0.15) is 42.4 Å². The quantitative estimate of drug-likeness (QED) is 0.226. The predicted molar refractivity (Wildman–Crippen MR) is 118 cm³/mol. The first-order chi connectivity index (χ1) is 14.6. The molecule has 1 fully saturated rings. The molecule has 0 spiro atoms. The van der Waals surface area contributed by atoms with Crippen molar-refractivity contribution in [3.8, 4) is 0 Å². The molecule has 2 N–H and O–H groups in total. The van der Waals surface area contributed by atoms with Gasteiger partial charge in [-0.25, -0.2) is 0 Å². The Bertz CT molecular complexity index is 875. The Hall–Kier alpha value is -3.02. The average molecular weight is 408 g/mol. The molecule has 3 rings (SSSR count). The van der Waals surface area contributed by atoms with Crippen molar-refractivity contribution in [2.24, 2.45) is 11.0 Å². The number of anilines is 1. The largest absolute Gasteiger partial charge is 0.466 e. The number of carbonyl (C=O) groups is 1. The third-order valence-corrected chi connectivity index (χ3v) is 5.53. The minimum atomic E-state index is -0.122. The first-order valence-corrected chi connectivity index (χ1v) is 10.4. The van der Waals surface area contributed by atoms with Crippen molar-refractivity contribution in [2.45, 2.75) is 38.8 Å². The third-order valence-electron chi connectivity index (χ3n) is 5.53. The van der Waals surface area contributed by atoms with Gasteiger partial charge in [0.05, 0.1) is 13.2 Å². The Morgan fingerprint density at radius 2 is 1.87 bits per heavy atom. The lowest BCUT2D eigenvalue weighted by atomic mass is 9.83. The maximum absolute atomic E-state index is 12.1. The summed E-state index contributed by atoms with van der Waals surface area (Å²) in [5, 5.41) is 3.61. The number of azide groups is 1. The summed E-state index contributed by atoms with van der Waals surface area (Å²) in [6.45, 7) is 5.23. The Kier molecular flexibility index (Phi) is 7.71. The van der Waals surface area contributed by atoms with Crippen LogP contribution < -0.4 is 5.73 Å². The number of nitrogen functional groups attached to an aromatic ring is 1. The first-order valence-electron chi connectivity index (χ1n) is 10.4. The van der Waals surface area contributed by atoms with Gasteiger partial charge in [0.25, 0.3) is 0 Å². The van der Waals surface area contributed by atoms with Crippen LogP contribution in [0.15, 0.2) is 53.6 Å². The molecule has 0 unspecified atom stereocenters. The number of hydrogen-bond donors (Lipinski definition) is 1. The van der Waals surface area contributed by atoms with Crippen molar-refractivity contribution in [1.29, 1.82) is 0 Å². The van der Waals surface area contributed by atoms with Gasteiger partial charge in [-0.05, 0) is 59.5 Å². The highest BCUT2D eigenvalue weighted by atomic mass is 16.5. The molecule has 7 heteroatoms. The molecule has 1 heterocycles. The topological polar surface area (TPSA) is 104 Å². The van der Waals surface area contributed by atoms with Crippen molar-refractivity contribution < 1.29 is 9.53 Å². The van der Waals surface area contributed by atoms with Crippen molar-refractivity contribution >= 4 is 11.7 Å². The normalized spacial score (nSPS) is 19.1. The van der Waals surface area contributed by atoms with Gasteiger partial charge in [0.1, 0.15) is 0 Å². The fourth-order valence-corrected chi connectivity index (χ4v) is 4.17. The fraction of sp³-hybridized carbons (Fsp3) is 0.435. The molecule has 0 radical (unpaired) electrons. The molecule has 7 nitrogen and oxygen atoms in total. The Morgan fingerprint density at radius 3 is 2.53 bits per heavy atom. The van der Waals surface area contributed by atoms with E-state index in [9.17, 15) is 4.79 Å². The van der Waals surface area contributed by atoms with Gasteiger partial charge in [0, 0.05) is 36.7 Å². The average Bonchev–Trinajstić information content (AvgIpc) is 2.74. The van der Waals surface area contributed by atoms with Crippen LogP contribution in [0.3, 0.4) is 0 Å². The number of ether oxygens (including phenoxy) is 1. The number of likely N-dealkylation sites (tertiary alicyclic amines) is 1. The van der Waals surface area contributed by atoms with E-state index in [0.717, 1.165) is 37.3 Å². The SMILES string of the molecule is CCOC(=O)C[C@H]1C[C@H](c2ccc(N)cc2)CN(Cc2ccc(CN=[N+]=[N-])cc2)C1. The van der Waals surface area contributed by atoms with Gasteiger partial charge in [-0.2, -0.15) is 0 Å². The van der Waals surface area contributed by atoms with Crippen LogP contribution in [0, 0.1) is 5.92 Å². The molecular weight excluding hydrogens is 378 g/mol. The summed E-state index contributed by atoms with van der Waals surface area (Å²) in [5.41, 5.74) is 18.5. The highest BCUT2D eigenvalue weighted by molar-refractivity contribution is 5.69. The third kappa shape index (κ3) is 6.24. The van der Waals surface area contributed by atoms with Crippen LogP contribution in [0.4, 0.5) is 5.69 Å². The molecular formula is C23H29N5O2. The lowest BCUT2D eigenvalue weighted by Gasteiger charge is -2.38.